The van der Waals surface area contributed by atoms with Gasteiger partial charge in [0, 0.05) is 17.3 Å². The molecule has 0 spiro atoms. The molecule has 4 rings (SSSR count). The van der Waals surface area contributed by atoms with Crippen molar-refractivity contribution >= 4 is 23.0 Å². The van der Waals surface area contributed by atoms with E-state index in [2.05, 4.69) is 48.4 Å². The lowest BCUT2D eigenvalue weighted by Gasteiger charge is -2.19. The smallest absolute Gasteiger partial charge is 0.273 e. The molecule has 6 heteroatoms. The summed E-state index contributed by atoms with van der Waals surface area (Å²) in [5.41, 5.74) is 4.66. The molecule has 1 amide bonds. The van der Waals surface area contributed by atoms with Gasteiger partial charge in [-0.15, -0.1) is 0 Å². The van der Waals surface area contributed by atoms with Gasteiger partial charge in [-0.3, -0.25) is 4.79 Å². The highest BCUT2D eigenvalue weighted by atomic mass is 16.5. The molecular formula is C23H28N4O2. The number of hydrogen-bond donors (Lipinski definition) is 1. The largest absolute Gasteiger partial charge is 0.377 e. The summed E-state index contributed by atoms with van der Waals surface area (Å²) in [6.45, 7) is 10.1. The van der Waals surface area contributed by atoms with Gasteiger partial charge >= 0.3 is 0 Å². The van der Waals surface area contributed by atoms with Crippen LogP contribution in [0.2, 0.25) is 0 Å². The Morgan fingerprint density at radius 3 is 2.48 bits per heavy atom. The van der Waals surface area contributed by atoms with Crippen LogP contribution >= 0.6 is 0 Å². The summed E-state index contributed by atoms with van der Waals surface area (Å²) in [4.78, 5) is 24.3. The number of benzene rings is 1. The summed E-state index contributed by atoms with van der Waals surface area (Å²) in [6, 6.07) is 8.49. The highest BCUT2D eigenvalue weighted by molar-refractivity contribution is 5.98. The van der Waals surface area contributed by atoms with Crippen molar-refractivity contribution in [1.29, 1.82) is 0 Å². The predicted molar refractivity (Wildman–Crippen MR) is 114 cm³/mol. The Morgan fingerprint density at radius 2 is 1.86 bits per heavy atom. The van der Waals surface area contributed by atoms with Gasteiger partial charge in [-0.05, 0) is 49.5 Å². The molecule has 29 heavy (non-hydrogen) atoms. The predicted octanol–water partition coefficient (Wildman–Crippen LogP) is 4.51. The summed E-state index contributed by atoms with van der Waals surface area (Å²) >= 11 is 0. The van der Waals surface area contributed by atoms with Gasteiger partial charge in [0.25, 0.3) is 5.91 Å². The fourth-order valence-electron chi connectivity index (χ4n) is 3.67. The number of anilines is 2. The Balaban J connectivity index is 1.74. The lowest BCUT2D eigenvalue weighted by molar-refractivity contribution is 0.0726. The van der Waals surface area contributed by atoms with E-state index in [1.165, 1.54) is 5.56 Å². The summed E-state index contributed by atoms with van der Waals surface area (Å²) in [6.07, 6.45) is 2.76. The topological polar surface area (TPSA) is 67.4 Å². The van der Waals surface area contributed by atoms with Crippen LogP contribution in [0, 0.1) is 0 Å². The minimum atomic E-state index is -0.0236. The third-order valence-corrected chi connectivity index (χ3v) is 5.51. The molecule has 0 bridgehead atoms. The standard InChI is InChI=1S/C23H28N4O2/c1-14(2)16-5-7-18(8-6-16)24-22-19-13-27(15(3)4)23(28)20(19)25-21(26-22)17-9-11-29-12-10-17/h5-9,14-15H,10-13H2,1-4H3,(H,24,25,26). The molecule has 2 aliphatic rings. The number of rotatable bonds is 5. The van der Waals surface area contributed by atoms with E-state index in [9.17, 15) is 4.79 Å². The maximum atomic E-state index is 13.0. The Bertz CT molecular complexity index is 948. The monoisotopic (exact) mass is 392 g/mol. The maximum Gasteiger partial charge on any atom is 0.273 e. The molecule has 152 valence electrons. The number of amides is 1. The zero-order valence-electron chi connectivity index (χ0n) is 17.5. The van der Waals surface area contributed by atoms with Crippen LogP contribution in [0.4, 0.5) is 11.5 Å². The summed E-state index contributed by atoms with van der Waals surface area (Å²) in [7, 11) is 0. The van der Waals surface area contributed by atoms with E-state index >= 15 is 0 Å². The van der Waals surface area contributed by atoms with Crippen LogP contribution in [0.3, 0.4) is 0 Å². The first-order chi connectivity index (χ1) is 13.9. The number of fused-ring (bicyclic) bond motifs is 1. The van der Waals surface area contributed by atoms with Crippen molar-refractivity contribution in [3.8, 4) is 0 Å². The number of nitrogens with zero attached hydrogens (tertiary/aromatic N) is 3. The average molecular weight is 393 g/mol. The van der Waals surface area contributed by atoms with Crippen LogP contribution in [-0.2, 0) is 11.3 Å². The molecule has 1 aromatic carbocycles. The van der Waals surface area contributed by atoms with Crippen LogP contribution in [-0.4, -0.2) is 40.0 Å². The van der Waals surface area contributed by atoms with E-state index in [1.807, 2.05) is 24.8 Å². The van der Waals surface area contributed by atoms with E-state index in [1.54, 1.807) is 0 Å². The molecule has 0 fully saturated rings. The lowest BCUT2D eigenvalue weighted by Crippen LogP contribution is -2.31. The van der Waals surface area contributed by atoms with Crippen LogP contribution in [0.25, 0.3) is 5.57 Å². The summed E-state index contributed by atoms with van der Waals surface area (Å²) in [5.74, 6) is 1.79. The first-order valence-electron chi connectivity index (χ1n) is 10.3. The maximum absolute atomic E-state index is 13.0. The first-order valence-corrected chi connectivity index (χ1v) is 10.3. The molecule has 0 radical (unpaired) electrons. The zero-order chi connectivity index (χ0) is 20.5. The number of hydrogen-bond acceptors (Lipinski definition) is 5. The SMILES string of the molecule is CC(C)c1ccc(Nc2nc(C3=CCOCC3)nc3c2CN(C(C)C)C3=O)cc1. The third kappa shape index (κ3) is 3.90. The minimum Gasteiger partial charge on any atom is -0.377 e. The Hall–Kier alpha value is -2.73. The van der Waals surface area contributed by atoms with Gasteiger partial charge in [-0.2, -0.15) is 0 Å². The molecule has 1 N–H and O–H groups in total. The van der Waals surface area contributed by atoms with Gasteiger partial charge in [0.2, 0.25) is 0 Å². The normalized spacial score (nSPS) is 16.4. The Kier molecular flexibility index (Phi) is 5.37. The number of aromatic nitrogens is 2. The number of ether oxygens (including phenoxy) is 1. The van der Waals surface area contributed by atoms with Crippen LogP contribution in [0.15, 0.2) is 30.3 Å². The van der Waals surface area contributed by atoms with Crippen molar-refractivity contribution in [3.05, 3.63) is 53.0 Å². The van der Waals surface area contributed by atoms with Gasteiger partial charge < -0.3 is 15.0 Å². The van der Waals surface area contributed by atoms with Crippen molar-refractivity contribution in [2.75, 3.05) is 18.5 Å². The van der Waals surface area contributed by atoms with E-state index in [-0.39, 0.29) is 11.9 Å². The van der Waals surface area contributed by atoms with Gasteiger partial charge in [-0.1, -0.05) is 32.1 Å². The number of carbonyl (C=O) groups excluding carboxylic acids is 1. The highest BCUT2D eigenvalue weighted by Crippen LogP contribution is 2.32. The zero-order valence-corrected chi connectivity index (χ0v) is 17.5. The second kappa shape index (κ2) is 7.95. The third-order valence-electron chi connectivity index (χ3n) is 5.51. The molecule has 1 aromatic heterocycles. The van der Waals surface area contributed by atoms with Gasteiger partial charge in [0.05, 0.1) is 19.8 Å². The molecule has 0 atom stereocenters. The van der Waals surface area contributed by atoms with E-state index in [0.717, 1.165) is 23.2 Å². The second-order valence-corrected chi connectivity index (χ2v) is 8.21. The summed E-state index contributed by atoms with van der Waals surface area (Å²) < 4.78 is 5.42. The van der Waals surface area contributed by atoms with E-state index < -0.39 is 0 Å². The molecule has 2 aromatic rings. The van der Waals surface area contributed by atoms with E-state index in [4.69, 9.17) is 9.72 Å². The van der Waals surface area contributed by atoms with Crippen molar-refractivity contribution < 1.29 is 9.53 Å². The minimum absolute atomic E-state index is 0.0236. The van der Waals surface area contributed by atoms with Gasteiger partial charge in [0.1, 0.15) is 11.5 Å². The fourth-order valence-corrected chi connectivity index (χ4v) is 3.67. The molecule has 0 saturated carbocycles. The first kappa shape index (κ1) is 19.6. The van der Waals surface area contributed by atoms with Crippen molar-refractivity contribution in [3.63, 3.8) is 0 Å². The van der Waals surface area contributed by atoms with Crippen LogP contribution in [0.1, 0.15) is 67.5 Å². The average Bonchev–Trinajstić information content (AvgIpc) is 3.06. The van der Waals surface area contributed by atoms with Crippen LogP contribution < -0.4 is 5.32 Å². The van der Waals surface area contributed by atoms with Crippen LogP contribution in [0.5, 0.6) is 0 Å². The van der Waals surface area contributed by atoms with E-state index in [0.29, 0.717) is 43.0 Å². The van der Waals surface area contributed by atoms with Crippen molar-refractivity contribution in [2.45, 2.75) is 52.6 Å². The molecular weight excluding hydrogens is 364 g/mol. The molecule has 0 aliphatic carbocycles. The van der Waals surface area contributed by atoms with Crippen molar-refractivity contribution in [1.82, 2.24) is 14.9 Å². The Labute approximate surface area is 172 Å². The Morgan fingerprint density at radius 1 is 1.10 bits per heavy atom. The fraction of sp³-hybridized carbons (Fsp3) is 0.435. The van der Waals surface area contributed by atoms with Crippen molar-refractivity contribution in [2.24, 2.45) is 0 Å². The second-order valence-electron chi connectivity index (χ2n) is 8.21. The molecule has 2 aliphatic heterocycles. The highest BCUT2D eigenvalue weighted by Gasteiger charge is 2.34. The quantitative estimate of drug-likeness (QED) is 0.811. The molecule has 0 unspecified atom stereocenters. The van der Waals surface area contributed by atoms with Gasteiger partial charge in [-0.25, -0.2) is 9.97 Å². The number of carbonyl (C=O) groups is 1. The number of nitrogens with one attached hydrogen (secondary N) is 1. The molecule has 0 saturated heterocycles. The molecule has 3 heterocycles. The van der Waals surface area contributed by atoms with Gasteiger partial charge in [0.15, 0.2) is 5.82 Å². The lowest BCUT2D eigenvalue weighted by atomic mass is 10.0. The summed E-state index contributed by atoms with van der Waals surface area (Å²) in [5, 5.41) is 3.44. The molecule has 6 nitrogen and oxygen atoms in total.